The lowest BCUT2D eigenvalue weighted by Crippen LogP contribution is -2.09. The van der Waals surface area contributed by atoms with Crippen LogP contribution in [0.1, 0.15) is 16.8 Å². The van der Waals surface area contributed by atoms with Gasteiger partial charge in [-0.15, -0.1) is 5.10 Å². The van der Waals surface area contributed by atoms with E-state index in [1.807, 2.05) is 32.0 Å². The molecular weight excluding hydrogens is 278 g/mol. The molecule has 20 heavy (non-hydrogen) atoms. The van der Waals surface area contributed by atoms with E-state index >= 15 is 0 Å². The quantitative estimate of drug-likeness (QED) is 0.874. The van der Waals surface area contributed by atoms with Crippen LogP contribution in [-0.2, 0) is 11.3 Å². The maximum absolute atomic E-state index is 11.1. The number of aryl methyl sites for hydroxylation is 2. The van der Waals surface area contributed by atoms with Crippen LogP contribution >= 0.6 is 11.5 Å². The van der Waals surface area contributed by atoms with Crippen LogP contribution in [0, 0.1) is 13.8 Å². The molecule has 1 aromatic carbocycles. The molecule has 0 spiro atoms. The van der Waals surface area contributed by atoms with Crippen molar-refractivity contribution in [1.82, 2.24) is 9.59 Å². The Morgan fingerprint density at radius 2 is 2.05 bits per heavy atom. The summed E-state index contributed by atoms with van der Waals surface area (Å²) in [7, 11) is 1.26. The number of ether oxygens (including phenoxy) is 2. The molecule has 0 bridgehead atoms. The number of rotatable bonds is 4. The molecule has 0 aliphatic rings. The van der Waals surface area contributed by atoms with Crippen LogP contribution in [0.15, 0.2) is 18.2 Å². The molecule has 1 aromatic heterocycles. The Morgan fingerprint density at radius 3 is 2.70 bits per heavy atom. The summed E-state index contributed by atoms with van der Waals surface area (Å²) in [6.07, 6.45) is -0.774. The van der Waals surface area contributed by atoms with E-state index in [1.54, 1.807) is 0 Å². The number of benzene rings is 1. The van der Waals surface area contributed by atoms with Gasteiger partial charge < -0.3 is 14.8 Å². The van der Waals surface area contributed by atoms with Gasteiger partial charge >= 0.3 is 6.16 Å². The lowest BCUT2D eigenvalue weighted by Gasteiger charge is -2.11. The molecular formula is C13H15N3O3S. The summed E-state index contributed by atoms with van der Waals surface area (Å²) in [6, 6.07) is 6.06. The van der Waals surface area contributed by atoms with Gasteiger partial charge in [-0.1, -0.05) is 22.7 Å². The maximum Gasteiger partial charge on any atom is 0.514 e. The molecule has 1 N–H and O–H groups in total. The molecule has 0 saturated carbocycles. The summed E-state index contributed by atoms with van der Waals surface area (Å²) < 4.78 is 13.2. The van der Waals surface area contributed by atoms with E-state index in [2.05, 4.69) is 19.6 Å². The number of anilines is 1. The monoisotopic (exact) mass is 293 g/mol. The van der Waals surface area contributed by atoms with Crippen molar-refractivity contribution in [3.63, 3.8) is 0 Å². The van der Waals surface area contributed by atoms with E-state index in [9.17, 15) is 4.79 Å². The second-order valence-electron chi connectivity index (χ2n) is 4.18. The molecule has 2 aromatic rings. The molecule has 0 fully saturated rings. The van der Waals surface area contributed by atoms with Crippen LogP contribution < -0.4 is 10.1 Å². The highest BCUT2D eigenvalue weighted by Gasteiger charge is 2.14. The summed E-state index contributed by atoms with van der Waals surface area (Å²) in [4.78, 5) is 11.1. The Kier molecular flexibility index (Phi) is 4.52. The first kappa shape index (κ1) is 14.3. The Morgan fingerprint density at radius 1 is 1.35 bits per heavy atom. The van der Waals surface area contributed by atoms with Crippen LogP contribution in [0.3, 0.4) is 0 Å². The van der Waals surface area contributed by atoms with Crippen molar-refractivity contribution >= 4 is 23.4 Å². The number of aromatic nitrogens is 2. The Bertz CT molecular complexity index is 592. The zero-order chi connectivity index (χ0) is 14.5. The summed E-state index contributed by atoms with van der Waals surface area (Å²) in [5.74, 6) is 0. The van der Waals surface area contributed by atoms with Crippen LogP contribution in [0.5, 0.6) is 5.06 Å². The molecule has 0 saturated heterocycles. The van der Waals surface area contributed by atoms with E-state index in [1.165, 1.54) is 7.11 Å². The first-order valence-corrected chi connectivity index (χ1v) is 6.76. The number of carbonyl (C=O) groups excluding carboxylic acids is 1. The Labute approximate surface area is 120 Å². The van der Waals surface area contributed by atoms with Crippen molar-refractivity contribution < 1.29 is 14.3 Å². The topological polar surface area (TPSA) is 73.3 Å². The first-order chi connectivity index (χ1) is 9.61. The lowest BCUT2D eigenvalue weighted by atomic mass is 10.1. The summed E-state index contributed by atoms with van der Waals surface area (Å²) in [6.45, 7) is 4.48. The van der Waals surface area contributed by atoms with Gasteiger partial charge in [0, 0.05) is 17.2 Å². The van der Waals surface area contributed by atoms with Crippen LogP contribution in [0.25, 0.3) is 0 Å². The lowest BCUT2D eigenvalue weighted by molar-refractivity contribution is 0.122. The van der Waals surface area contributed by atoms with Crippen LogP contribution in [-0.4, -0.2) is 22.9 Å². The maximum atomic E-state index is 11.1. The summed E-state index contributed by atoms with van der Waals surface area (Å²) in [5.41, 5.74) is 3.90. The fourth-order valence-electron chi connectivity index (χ4n) is 1.77. The van der Waals surface area contributed by atoms with Crippen molar-refractivity contribution in [2.75, 3.05) is 12.4 Å². The molecule has 6 nitrogen and oxygen atoms in total. The molecule has 0 amide bonds. The van der Waals surface area contributed by atoms with Gasteiger partial charge in [-0.2, -0.15) is 0 Å². The summed E-state index contributed by atoms with van der Waals surface area (Å²) in [5, 5.41) is 7.58. The Hall–Kier alpha value is -2.15. The minimum atomic E-state index is -0.774. The number of nitrogens with zero attached hydrogens (tertiary/aromatic N) is 2. The van der Waals surface area contributed by atoms with Gasteiger partial charge in [0.2, 0.25) is 5.06 Å². The normalized spacial score (nSPS) is 10.2. The van der Waals surface area contributed by atoms with Gasteiger partial charge in [0.25, 0.3) is 0 Å². The predicted molar refractivity (Wildman–Crippen MR) is 76.2 cm³/mol. The fraction of sp³-hybridized carbons (Fsp3) is 0.308. The number of methoxy groups -OCH3 is 1. The van der Waals surface area contributed by atoms with Crippen molar-refractivity contribution in [2.24, 2.45) is 0 Å². The number of hydrogen-bond donors (Lipinski definition) is 1. The van der Waals surface area contributed by atoms with Crippen molar-refractivity contribution in [1.29, 1.82) is 0 Å². The second kappa shape index (κ2) is 6.33. The molecule has 1 heterocycles. The van der Waals surface area contributed by atoms with Crippen molar-refractivity contribution in [3.8, 4) is 5.06 Å². The van der Waals surface area contributed by atoms with Gasteiger partial charge in [-0.3, -0.25) is 0 Å². The third-order valence-corrected chi connectivity index (χ3v) is 3.43. The van der Waals surface area contributed by atoms with Gasteiger partial charge in [0.05, 0.1) is 13.7 Å². The van der Waals surface area contributed by atoms with E-state index in [0.717, 1.165) is 28.3 Å². The minimum Gasteiger partial charge on any atom is -0.437 e. The molecule has 0 radical (unpaired) electrons. The second-order valence-corrected chi connectivity index (χ2v) is 4.90. The molecule has 7 heteroatoms. The predicted octanol–water partition coefficient (Wildman–Crippen LogP) is 2.91. The third-order valence-electron chi connectivity index (χ3n) is 2.78. The van der Waals surface area contributed by atoms with Crippen LogP contribution in [0.4, 0.5) is 10.5 Å². The number of carbonyl (C=O) groups is 1. The molecule has 0 unspecified atom stereocenters. The van der Waals surface area contributed by atoms with Gasteiger partial charge in [0.15, 0.2) is 0 Å². The van der Waals surface area contributed by atoms with Crippen molar-refractivity contribution in [3.05, 3.63) is 35.0 Å². The average Bonchev–Trinajstić information content (AvgIpc) is 2.85. The summed E-state index contributed by atoms with van der Waals surface area (Å²) >= 11 is 1.01. The average molecular weight is 293 g/mol. The minimum absolute atomic E-state index is 0.343. The van der Waals surface area contributed by atoms with E-state index in [4.69, 9.17) is 4.74 Å². The molecule has 0 aliphatic carbocycles. The first-order valence-electron chi connectivity index (χ1n) is 5.99. The largest absolute Gasteiger partial charge is 0.514 e. The smallest absolute Gasteiger partial charge is 0.437 e. The third kappa shape index (κ3) is 3.24. The molecule has 0 atom stereocenters. The fourth-order valence-corrected chi connectivity index (χ4v) is 2.31. The molecule has 0 aliphatic heterocycles. The van der Waals surface area contributed by atoms with Crippen LogP contribution in [0.2, 0.25) is 0 Å². The molecule has 106 valence electrons. The highest BCUT2D eigenvalue weighted by molar-refractivity contribution is 7.07. The van der Waals surface area contributed by atoms with Gasteiger partial charge in [0.1, 0.15) is 5.69 Å². The van der Waals surface area contributed by atoms with E-state index in [0.29, 0.717) is 17.3 Å². The Balaban J connectivity index is 2.08. The van der Waals surface area contributed by atoms with Gasteiger partial charge in [-0.05, 0) is 25.0 Å². The van der Waals surface area contributed by atoms with E-state index in [-0.39, 0.29) is 0 Å². The van der Waals surface area contributed by atoms with E-state index < -0.39 is 6.16 Å². The standard InChI is InChI=1S/C13H15N3O3S/c1-8-5-4-6-9(2)11(8)14-7-10-12(20-16-15-10)19-13(17)18-3/h4-6,14H,7H2,1-3H3. The number of nitrogens with one attached hydrogen (secondary N) is 1. The van der Waals surface area contributed by atoms with Gasteiger partial charge in [-0.25, -0.2) is 4.79 Å². The zero-order valence-electron chi connectivity index (χ0n) is 11.5. The number of hydrogen-bond acceptors (Lipinski definition) is 7. The SMILES string of the molecule is COC(=O)Oc1snnc1CNc1c(C)cccc1C. The highest BCUT2D eigenvalue weighted by atomic mass is 32.1. The molecule has 2 rings (SSSR count). The number of para-hydroxylation sites is 1. The van der Waals surface area contributed by atoms with Crippen molar-refractivity contribution in [2.45, 2.75) is 20.4 Å². The zero-order valence-corrected chi connectivity index (χ0v) is 12.3. The highest BCUT2D eigenvalue weighted by Crippen LogP contribution is 2.24.